The Bertz CT molecular complexity index is 754. The quantitative estimate of drug-likeness (QED) is 0.645. The molecule has 2 aromatic rings. The Labute approximate surface area is 138 Å². The van der Waals surface area contributed by atoms with Crippen molar-refractivity contribution in [3.8, 4) is 12.0 Å². The van der Waals surface area contributed by atoms with Gasteiger partial charge in [-0.1, -0.05) is 61.6 Å². The first kappa shape index (κ1) is 15.9. The number of rotatable bonds is 5. The number of allylic oxidation sites excluding steroid dienone is 3. The summed E-state index contributed by atoms with van der Waals surface area (Å²) in [6.07, 6.45) is 6.19. The van der Waals surface area contributed by atoms with Gasteiger partial charge < -0.3 is 14.6 Å². The largest absolute Gasteiger partial charge is 0.428 e. The van der Waals surface area contributed by atoms with Crippen LogP contribution in [0, 0.1) is 11.8 Å². The van der Waals surface area contributed by atoms with Crippen molar-refractivity contribution in [3.05, 3.63) is 60.2 Å². The van der Waals surface area contributed by atoms with Crippen LogP contribution in [0.1, 0.15) is 18.8 Å². The number of H-pyrrole nitrogens is 1. The highest BCUT2D eigenvalue weighted by Gasteiger charge is 2.25. The molecule has 3 rings (SSSR count). The van der Waals surface area contributed by atoms with Crippen molar-refractivity contribution in [1.82, 2.24) is 15.2 Å². The molecule has 0 spiro atoms. The number of nitrogens with zero attached hydrogens (tertiary/aromatic N) is 2. The molecule has 2 N–H and O–H groups in total. The van der Waals surface area contributed by atoms with E-state index in [9.17, 15) is 9.90 Å². The number of nitrogens with one attached hydrogen (secondary N) is 1. The number of aromatic amines is 1. The average Bonchev–Trinajstić information content (AvgIpc) is 3.02. The van der Waals surface area contributed by atoms with E-state index < -0.39 is 12.3 Å². The van der Waals surface area contributed by atoms with Crippen LogP contribution >= 0.6 is 0 Å². The number of carbonyl (C=O) groups is 1. The van der Waals surface area contributed by atoms with Crippen LogP contribution < -0.4 is 9.47 Å². The second-order valence-corrected chi connectivity index (χ2v) is 5.38. The van der Waals surface area contributed by atoms with Gasteiger partial charge in [-0.25, -0.2) is 5.10 Å². The Morgan fingerprint density at radius 1 is 1.25 bits per heavy atom. The highest BCUT2D eigenvalue weighted by molar-refractivity contribution is 5.77. The molecule has 0 saturated heterocycles. The van der Waals surface area contributed by atoms with Gasteiger partial charge in [-0.3, -0.25) is 4.79 Å². The summed E-state index contributed by atoms with van der Waals surface area (Å²) >= 11 is 0. The van der Waals surface area contributed by atoms with E-state index in [1.807, 2.05) is 25.1 Å². The van der Waals surface area contributed by atoms with Crippen molar-refractivity contribution >= 4 is 5.97 Å². The van der Waals surface area contributed by atoms with Crippen LogP contribution in [0.3, 0.4) is 0 Å². The lowest BCUT2D eigenvalue weighted by atomic mass is 9.90. The van der Waals surface area contributed by atoms with E-state index in [4.69, 9.17) is 9.47 Å². The summed E-state index contributed by atoms with van der Waals surface area (Å²) in [5.74, 6) is -0.769. The summed E-state index contributed by atoms with van der Waals surface area (Å²) in [5, 5.41) is 16.2. The number of hydrogen-bond donors (Lipinski definition) is 2. The van der Waals surface area contributed by atoms with Crippen LogP contribution in [-0.4, -0.2) is 26.3 Å². The SMILES string of the molecule is CC1C=CC=CC1C(=O)Oc1nc(OC(O)c2ccccc2)n[nH]1. The maximum absolute atomic E-state index is 12.1. The van der Waals surface area contributed by atoms with Gasteiger partial charge in [0.2, 0.25) is 6.29 Å². The van der Waals surface area contributed by atoms with Crippen molar-refractivity contribution in [1.29, 1.82) is 0 Å². The van der Waals surface area contributed by atoms with Gasteiger partial charge in [0.15, 0.2) is 0 Å². The third-order valence-electron chi connectivity index (χ3n) is 3.63. The Morgan fingerprint density at radius 2 is 2.00 bits per heavy atom. The number of hydrogen-bond acceptors (Lipinski definition) is 6. The van der Waals surface area contributed by atoms with Gasteiger partial charge in [0.25, 0.3) is 0 Å². The third kappa shape index (κ3) is 3.69. The van der Waals surface area contributed by atoms with Crippen molar-refractivity contribution in [2.24, 2.45) is 11.8 Å². The Kier molecular flexibility index (Phi) is 4.72. The minimum atomic E-state index is -1.21. The molecule has 7 heteroatoms. The Hall–Kier alpha value is -2.93. The molecule has 1 aromatic carbocycles. The van der Waals surface area contributed by atoms with Crippen molar-refractivity contribution < 1.29 is 19.4 Å². The number of esters is 1. The second-order valence-electron chi connectivity index (χ2n) is 5.38. The monoisotopic (exact) mass is 327 g/mol. The molecule has 1 aromatic heterocycles. The Morgan fingerprint density at radius 3 is 2.75 bits per heavy atom. The van der Waals surface area contributed by atoms with Gasteiger partial charge in [0, 0.05) is 5.56 Å². The number of benzene rings is 1. The first-order chi connectivity index (χ1) is 11.6. The number of carbonyl (C=O) groups excluding carboxylic acids is 1. The van der Waals surface area contributed by atoms with Crippen molar-refractivity contribution in [2.45, 2.75) is 13.2 Å². The third-order valence-corrected chi connectivity index (χ3v) is 3.63. The van der Waals surface area contributed by atoms with E-state index >= 15 is 0 Å². The van der Waals surface area contributed by atoms with Crippen LogP contribution in [0.5, 0.6) is 12.0 Å². The minimum Gasteiger partial charge on any atom is -0.428 e. The molecule has 1 aliphatic carbocycles. The van der Waals surface area contributed by atoms with E-state index in [1.54, 1.807) is 36.4 Å². The standard InChI is InChI=1S/C17H17N3O4/c1-11-7-5-6-10-13(11)15(22)24-17-18-16(19-20-17)23-14(21)12-8-3-2-4-9-12/h2-11,13-14,21H,1H3,(H,18,19,20). The summed E-state index contributed by atoms with van der Waals surface area (Å²) in [6.45, 7) is 1.93. The fraction of sp³-hybridized carbons (Fsp3) is 0.235. The number of aromatic nitrogens is 3. The fourth-order valence-corrected chi connectivity index (χ4v) is 2.29. The molecule has 1 aliphatic rings. The van der Waals surface area contributed by atoms with Crippen LogP contribution in [0.4, 0.5) is 0 Å². The predicted octanol–water partition coefficient (Wildman–Crippen LogP) is 2.16. The van der Waals surface area contributed by atoms with Gasteiger partial charge in [0.1, 0.15) is 0 Å². The molecular formula is C17H17N3O4. The van der Waals surface area contributed by atoms with Crippen LogP contribution in [0.25, 0.3) is 0 Å². The normalized spacial score (nSPS) is 20.6. The first-order valence-corrected chi connectivity index (χ1v) is 7.52. The van der Waals surface area contributed by atoms with Gasteiger partial charge in [0.05, 0.1) is 5.92 Å². The van der Waals surface area contributed by atoms with Gasteiger partial charge in [-0.05, 0) is 5.92 Å². The van der Waals surface area contributed by atoms with Gasteiger partial charge in [-0.15, -0.1) is 10.1 Å². The maximum Gasteiger partial charge on any atom is 0.341 e. The summed E-state index contributed by atoms with van der Waals surface area (Å²) < 4.78 is 10.4. The molecule has 0 fully saturated rings. The highest BCUT2D eigenvalue weighted by Crippen LogP contribution is 2.22. The molecule has 1 heterocycles. The van der Waals surface area contributed by atoms with Crippen LogP contribution in [0.15, 0.2) is 54.6 Å². The topological polar surface area (TPSA) is 97.3 Å². The molecule has 0 bridgehead atoms. The molecule has 0 radical (unpaired) electrons. The van der Waals surface area contributed by atoms with E-state index in [0.29, 0.717) is 5.56 Å². The van der Waals surface area contributed by atoms with Crippen molar-refractivity contribution in [2.75, 3.05) is 0 Å². The summed E-state index contributed by atoms with van der Waals surface area (Å²) in [5.41, 5.74) is 0.564. The average molecular weight is 327 g/mol. The first-order valence-electron chi connectivity index (χ1n) is 7.52. The fourth-order valence-electron chi connectivity index (χ4n) is 2.29. The molecule has 24 heavy (non-hydrogen) atoms. The van der Waals surface area contributed by atoms with E-state index in [0.717, 1.165) is 0 Å². The number of aliphatic hydroxyl groups excluding tert-OH is 1. The smallest absolute Gasteiger partial charge is 0.341 e. The molecule has 3 unspecified atom stereocenters. The number of ether oxygens (including phenoxy) is 2. The summed E-state index contributed by atoms with van der Waals surface area (Å²) in [4.78, 5) is 16.0. The Balaban J connectivity index is 1.60. The van der Waals surface area contributed by atoms with Gasteiger partial charge >= 0.3 is 18.0 Å². The molecular weight excluding hydrogens is 310 g/mol. The zero-order chi connectivity index (χ0) is 16.9. The molecule has 3 atom stereocenters. The molecule has 0 aliphatic heterocycles. The molecule has 7 nitrogen and oxygen atoms in total. The lowest BCUT2D eigenvalue weighted by Crippen LogP contribution is -2.25. The van der Waals surface area contributed by atoms with Crippen LogP contribution in [0.2, 0.25) is 0 Å². The van der Waals surface area contributed by atoms with Crippen molar-refractivity contribution in [3.63, 3.8) is 0 Å². The molecule has 0 saturated carbocycles. The van der Waals surface area contributed by atoms with Crippen LogP contribution in [-0.2, 0) is 4.79 Å². The predicted molar refractivity (Wildman–Crippen MR) is 85.0 cm³/mol. The van der Waals surface area contributed by atoms with E-state index in [1.165, 1.54) is 0 Å². The van der Waals surface area contributed by atoms with E-state index in [2.05, 4.69) is 15.2 Å². The summed E-state index contributed by atoms with van der Waals surface area (Å²) in [6, 6.07) is 8.62. The zero-order valence-electron chi connectivity index (χ0n) is 13.0. The van der Waals surface area contributed by atoms with Gasteiger partial charge in [-0.2, -0.15) is 0 Å². The zero-order valence-corrected chi connectivity index (χ0v) is 13.0. The molecule has 0 amide bonds. The molecule has 124 valence electrons. The number of aliphatic hydroxyl groups is 1. The lowest BCUT2D eigenvalue weighted by Gasteiger charge is -2.17. The highest BCUT2D eigenvalue weighted by atomic mass is 16.6. The van der Waals surface area contributed by atoms with E-state index in [-0.39, 0.29) is 23.9 Å². The minimum absolute atomic E-state index is 0.0426. The lowest BCUT2D eigenvalue weighted by molar-refractivity contribution is -0.138. The second kappa shape index (κ2) is 7.10. The summed E-state index contributed by atoms with van der Waals surface area (Å²) in [7, 11) is 0. The maximum atomic E-state index is 12.1.